The lowest BCUT2D eigenvalue weighted by molar-refractivity contribution is -0.129. The Bertz CT molecular complexity index is 393. The second-order valence-corrected chi connectivity index (χ2v) is 4.24. The number of carbonyl (C=O) groups excluding carboxylic acids is 1. The van der Waals surface area contributed by atoms with Gasteiger partial charge >= 0.3 is 0 Å². The summed E-state index contributed by atoms with van der Waals surface area (Å²) in [6.07, 6.45) is 1.73. The van der Waals surface area contributed by atoms with E-state index in [2.05, 4.69) is 11.9 Å². The molecule has 0 aliphatic rings. The van der Waals surface area contributed by atoms with Gasteiger partial charge in [0, 0.05) is 25.2 Å². The zero-order valence-corrected chi connectivity index (χ0v) is 10.7. The third-order valence-corrected chi connectivity index (χ3v) is 2.53. The summed E-state index contributed by atoms with van der Waals surface area (Å²) in [4.78, 5) is 13.4. The third-order valence-electron chi connectivity index (χ3n) is 2.30. The van der Waals surface area contributed by atoms with E-state index in [0.717, 1.165) is 5.56 Å². The van der Waals surface area contributed by atoms with Crippen molar-refractivity contribution in [2.75, 3.05) is 20.1 Å². The molecule has 0 heterocycles. The highest BCUT2D eigenvalue weighted by Gasteiger charge is 2.08. The lowest BCUT2D eigenvalue weighted by atomic mass is 10.2. The number of hydrogen-bond acceptors (Lipinski definition) is 2. The van der Waals surface area contributed by atoms with Crippen LogP contribution in [0.25, 0.3) is 0 Å². The zero-order chi connectivity index (χ0) is 12.7. The third kappa shape index (κ3) is 5.02. The van der Waals surface area contributed by atoms with E-state index in [-0.39, 0.29) is 5.91 Å². The summed E-state index contributed by atoms with van der Waals surface area (Å²) in [7, 11) is 1.78. The van der Waals surface area contributed by atoms with Gasteiger partial charge in [-0.05, 0) is 17.7 Å². The number of halogens is 1. The Morgan fingerprint density at radius 1 is 1.59 bits per heavy atom. The van der Waals surface area contributed by atoms with Crippen LogP contribution in [0.15, 0.2) is 36.9 Å². The minimum absolute atomic E-state index is 0.0480. The van der Waals surface area contributed by atoms with Crippen LogP contribution in [-0.2, 0) is 11.3 Å². The molecule has 0 aliphatic heterocycles. The smallest absolute Gasteiger partial charge is 0.236 e. The van der Waals surface area contributed by atoms with E-state index in [1.165, 1.54) is 0 Å². The first-order valence-electron chi connectivity index (χ1n) is 5.43. The molecule has 4 heteroatoms. The van der Waals surface area contributed by atoms with Crippen LogP contribution in [-0.4, -0.2) is 30.9 Å². The monoisotopic (exact) mass is 252 g/mol. The Morgan fingerprint density at radius 2 is 2.35 bits per heavy atom. The van der Waals surface area contributed by atoms with Gasteiger partial charge in [0.25, 0.3) is 0 Å². The van der Waals surface area contributed by atoms with E-state index in [1.54, 1.807) is 18.0 Å². The van der Waals surface area contributed by atoms with Gasteiger partial charge in [0.1, 0.15) is 0 Å². The van der Waals surface area contributed by atoms with Crippen molar-refractivity contribution in [3.8, 4) is 0 Å². The highest BCUT2D eigenvalue weighted by Crippen LogP contribution is 2.11. The van der Waals surface area contributed by atoms with Crippen LogP contribution in [0.3, 0.4) is 0 Å². The molecule has 0 bridgehead atoms. The van der Waals surface area contributed by atoms with Crippen molar-refractivity contribution in [3.05, 3.63) is 47.5 Å². The number of carbonyl (C=O) groups is 1. The number of rotatable bonds is 6. The van der Waals surface area contributed by atoms with E-state index < -0.39 is 0 Å². The van der Waals surface area contributed by atoms with Gasteiger partial charge in [-0.2, -0.15) is 0 Å². The number of nitrogens with one attached hydrogen (secondary N) is 1. The molecule has 3 nitrogen and oxygen atoms in total. The summed E-state index contributed by atoms with van der Waals surface area (Å²) in [6, 6.07) is 7.51. The summed E-state index contributed by atoms with van der Waals surface area (Å²) in [6.45, 7) is 5.10. The van der Waals surface area contributed by atoms with Gasteiger partial charge < -0.3 is 10.2 Å². The quantitative estimate of drug-likeness (QED) is 0.621. The topological polar surface area (TPSA) is 32.3 Å². The van der Waals surface area contributed by atoms with E-state index in [1.807, 2.05) is 24.3 Å². The number of hydrogen-bond donors (Lipinski definition) is 1. The summed E-state index contributed by atoms with van der Waals surface area (Å²) >= 11 is 5.88. The molecule has 0 atom stereocenters. The molecule has 0 fully saturated rings. The Hall–Kier alpha value is -1.32. The predicted octanol–water partition coefficient (Wildman–Crippen LogP) is 2.07. The van der Waals surface area contributed by atoms with Gasteiger partial charge in [-0.15, -0.1) is 6.58 Å². The van der Waals surface area contributed by atoms with Crippen LogP contribution in [0.4, 0.5) is 0 Å². The Kier molecular flexibility index (Phi) is 5.73. The van der Waals surface area contributed by atoms with Crippen molar-refractivity contribution in [3.63, 3.8) is 0 Å². The van der Waals surface area contributed by atoms with Crippen molar-refractivity contribution in [2.45, 2.75) is 6.54 Å². The largest absolute Gasteiger partial charge is 0.340 e. The van der Waals surface area contributed by atoms with Crippen molar-refractivity contribution in [1.29, 1.82) is 0 Å². The second kappa shape index (κ2) is 7.09. The van der Waals surface area contributed by atoms with Crippen LogP contribution in [0.2, 0.25) is 5.02 Å². The molecule has 17 heavy (non-hydrogen) atoms. The molecule has 0 unspecified atom stereocenters. The average molecular weight is 253 g/mol. The lowest BCUT2D eigenvalue weighted by Crippen LogP contribution is -2.35. The fourth-order valence-corrected chi connectivity index (χ4v) is 1.63. The molecule has 0 radical (unpaired) electrons. The zero-order valence-electron chi connectivity index (χ0n) is 9.95. The van der Waals surface area contributed by atoms with Gasteiger partial charge in [-0.25, -0.2) is 0 Å². The molecule has 92 valence electrons. The standard InChI is InChI=1S/C13H17ClN2O/c1-3-7-15-9-13(17)16(2)10-11-5-4-6-12(14)8-11/h3-6,8,15H,1,7,9-10H2,2H3. The molecule has 0 aromatic heterocycles. The van der Waals surface area contributed by atoms with Crippen molar-refractivity contribution in [1.82, 2.24) is 10.2 Å². The molecule has 0 saturated carbocycles. The number of likely N-dealkylation sites (N-methyl/N-ethyl adjacent to an activating group) is 1. The summed E-state index contributed by atoms with van der Waals surface area (Å²) in [5.41, 5.74) is 1.03. The first-order valence-corrected chi connectivity index (χ1v) is 5.81. The van der Waals surface area contributed by atoms with E-state index >= 15 is 0 Å². The SMILES string of the molecule is C=CCNCC(=O)N(C)Cc1cccc(Cl)c1. The normalized spacial score (nSPS) is 10.0. The Labute approximate surface area is 107 Å². The van der Waals surface area contributed by atoms with Gasteiger partial charge in [-0.1, -0.05) is 29.8 Å². The van der Waals surface area contributed by atoms with E-state index in [4.69, 9.17) is 11.6 Å². The van der Waals surface area contributed by atoms with Crippen LogP contribution in [0.1, 0.15) is 5.56 Å². The van der Waals surface area contributed by atoms with Gasteiger partial charge in [0.05, 0.1) is 6.54 Å². The maximum atomic E-state index is 11.7. The van der Waals surface area contributed by atoms with Crippen molar-refractivity contribution >= 4 is 17.5 Å². The van der Waals surface area contributed by atoms with Gasteiger partial charge in [0.15, 0.2) is 0 Å². The van der Waals surface area contributed by atoms with Crippen LogP contribution in [0.5, 0.6) is 0 Å². The van der Waals surface area contributed by atoms with Gasteiger partial charge in [-0.3, -0.25) is 4.79 Å². The highest BCUT2D eigenvalue weighted by atomic mass is 35.5. The van der Waals surface area contributed by atoms with E-state index in [9.17, 15) is 4.79 Å². The van der Waals surface area contributed by atoms with Crippen molar-refractivity contribution in [2.24, 2.45) is 0 Å². The highest BCUT2D eigenvalue weighted by molar-refractivity contribution is 6.30. The Balaban J connectivity index is 2.45. The summed E-state index contributed by atoms with van der Waals surface area (Å²) in [5.74, 6) is 0.0480. The predicted molar refractivity (Wildman–Crippen MR) is 71.0 cm³/mol. The minimum Gasteiger partial charge on any atom is -0.340 e. The second-order valence-electron chi connectivity index (χ2n) is 3.80. The minimum atomic E-state index is 0.0480. The number of nitrogens with zero attached hydrogens (tertiary/aromatic N) is 1. The van der Waals surface area contributed by atoms with Crippen molar-refractivity contribution < 1.29 is 4.79 Å². The molecular weight excluding hydrogens is 236 g/mol. The molecule has 1 aromatic rings. The van der Waals surface area contributed by atoms with Crippen LogP contribution < -0.4 is 5.32 Å². The van der Waals surface area contributed by atoms with Gasteiger partial charge in [0.2, 0.25) is 5.91 Å². The number of benzene rings is 1. The molecule has 0 spiro atoms. The van der Waals surface area contributed by atoms with Crippen LogP contribution >= 0.6 is 11.6 Å². The van der Waals surface area contributed by atoms with E-state index in [0.29, 0.717) is 24.7 Å². The van der Waals surface area contributed by atoms with Crippen LogP contribution in [0, 0.1) is 0 Å². The molecule has 0 aliphatic carbocycles. The molecule has 1 amide bonds. The molecule has 1 aromatic carbocycles. The molecule has 0 saturated heterocycles. The fourth-order valence-electron chi connectivity index (χ4n) is 1.41. The summed E-state index contributed by atoms with van der Waals surface area (Å²) in [5, 5.41) is 3.67. The number of amides is 1. The Morgan fingerprint density at radius 3 is 3.00 bits per heavy atom. The first-order chi connectivity index (χ1) is 8.13. The maximum Gasteiger partial charge on any atom is 0.236 e. The fraction of sp³-hybridized carbons (Fsp3) is 0.308. The average Bonchev–Trinajstić information content (AvgIpc) is 2.29. The maximum absolute atomic E-state index is 11.7. The molecule has 1 N–H and O–H groups in total. The lowest BCUT2D eigenvalue weighted by Gasteiger charge is -2.17. The first kappa shape index (κ1) is 13.7. The summed E-state index contributed by atoms with van der Waals surface area (Å²) < 4.78 is 0. The molecule has 1 rings (SSSR count). The molecular formula is C13H17ClN2O.